The number of carbonyl (C=O) groups excluding carboxylic acids is 1. The number of carboxylic acids is 1. The summed E-state index contributed by atoms with van der Waals surface area (Å²) in [5, 5.41) is 15.9. The van der Waals surface area contributed by atoms with Crippen LogP contribution in [0.25, 0.3) is 0 Å². The summed E-state index contributed by atoms with van der Waals surface area (Å²) in [7, 11) is 0. The molecule has 0 bridgehead atoms. The molecule has 0 aromatic carbocycles. The number of likely N-dealkylation sites (tertiary alicyclic amines) is 1. The maximum atomic E-state index is 12.6. The smallest absolute Gasteiger partial charge is 0.410 e. The molecule has 0 saturated carbocycles. The highest BCUT2D eigenvalue weighted by atomic mass is 16.6. The number of hydrogen-bond donors (Lipinski definition) is 2. The molecule has 0 radical (unpaired) electrons. The number of aromatic carboxylic acids is 1. The van der Waals surface area contributed by atoms with Crippen LogP contribution in [0.1, 0.15) is 69.6 Å². The number of rotatable bonds is 2. The minimum Gasteiger partial charge on any atom is -0.478 e. The third-order valence-corrected chi connectivity index (χ3v) is 3.93. The Hall–Kier alpha value is -2.05. The summed E-state index contributed by atoms with van der Waals surface area (Å²) in [5.41, 5.74) is -0.0916. The molecule has 2 N–H and O–H groups in total. The van der Waals surface area contributed by atoms with E-state index in [0.29, 0.717) is 18.7 Å². The summed E-state index contributed by atoms with van der Waals surface area (Å²) in [6, 6.07) is -0.369. The van der Waals surface area contributed by atoms with Crippen molar-refractivity contribution in [2.24, 2.45) is 5.41 Å². The molecular weight excluding hydrogens is 298 g/mol. The van der Waals surface area contributed by atoms with Crippen LogP contribution in [-0.4, -0.2) is 44.4 Å². The number of H-pyrrole nitrogens is 1. The van der Waals surface area contributed by atoms with Gasteiger partial charge in [0.1, 0.15) is 11.2 Å². The van der Waals surface area contributed by atoms with Crippen LogP contribution >= 0.6 is 0 Å². The van der Waals surface area contributed by atoms with Crippen molar-refractivity contribution in [1.82, 2.24) is 15.1 Å². The Balaban J connectivity index is 2.34. The van der Waals surface area contributed by atoms with Crippen molar-refractivity contribution in [3.63, 3.8) is 0 Å². The van der Waals surface area contributed by atoms with Crippen LogP contribution in [0.4, 0.5) is 4.79 Å². The van der Waals surface area contributed by atoms with Crippen molar-refractivity contribution >= 4 is 12.1 Å². The quantitative estimate of drug-likeness (QED) is 0.871. The molecule has 1 aliphatic rings. The molecule has 23 heavy (non-hydrogen) atoms. The first-order valence-corrected chi connectivity index (χ1v) is 7.76. The lowest BCUT2D eigenvalue weighted by atomic mass is 9.80. The van der Waals surface area contributed by atoms with Gasteiger partial charge in [0.05, 0.1) is 17.9 Å². The van der Waals surface area contributed by atoms with Crippen molar-refractivity contribution in [2.75, 3.05) is 6.54 Å². The van der Waals surface area contributed by atoms with E-state index in [1.165, 1.54) is 6.20 Å². The van der Waals surface area contributed by atoms with Gasteiger partial charge < -0.3 is 9.84 Å². The van der Waals surface area contributed by atoms with Crippen molar-refractivity contribution < 1.29 is 19.4 Å². The topological polar surface area (TPSA) is 95.5 Å². The maximum Gasteiger partial charge on any atom is 0.410 e. The highest BCUT2D eigenvalue weighted by Crippen LogP contribution is 2.40. The SMILES string of the molecule is CC1(C)CCC(c2[nH]ncc2C(=O)O)N(C(=O)OC(C)(C)C)C1. The minimum absolute atomic E-state index is 0.0448. The second kappa shape index (κ2) is 5.86. The molecule has 1 atom stereocenters. The zero-order chi connectivity index (χ0) is 17.4. The summed E-state index contributed by atoms with van der Waals surface area (Å²) in [6.07, 6.45) is 2.40. The molecule has 1 aliphatic heterocycles. The van der Waals surface area contributed by atoms with Crippen molar-refractivity contribution in [2.45, 2.75) is 59.1 Å². The van der Waals surface area contributed by atoms with Crippen LogP contribution in [0.3, 0.4) is 0 Å². The normalized spacial score (nSPS) is 21.1. The Morgan fingerprint density at radius 3 is 2.65 bits per heavy atom. The van der Waals surface area contributed by atoms with Crippen LogP contribution in [-0.2, 0) is 4.74 Å². The van der Waals surface area contributed by atoms with Crippen LogP contribution in [0.5, 0.6) is 0 Å². The van der Waals surface area contributed by atoms with E-state index in [9.17, 15) is 14.7 Å². The summed E-state index contributed by atoms with van der Waals surface area (Å²) < 4.78 is 5.50. The first kappa shape index (κ1) is 17.3. The van der Waals surface area contributed by atoms with E-state index >= 15 is 0 Å². The van der Waals surface area contributed by atoms with Crippen LogP contribution in [0, 0.1) is 5.41 Å². The molecule has 1 saturated heterocycles. The van der Waals surface area contributed by atoms with E-state index in [4.69, 9.17) is 4.74 Å². The Morgan fingerprint density at radius 2 is 2.09 bits per heavy atom. The third kappa shape index (κ3) is 4.03. The van der Waals surface area contributed by atoms with E-state index in [0.717, 1.165) is 6.42 Å². The van der Waals surface area contributed by atoms with Gasteiger partial charge in [0.25, 0.3) is 0 Å². The van der Waals surface area contributed by atoms with Crippen molar-refractivity contribution in [3.05, 3.63) is 17.5 Å². The second-order valence-corrected chi connectivity index (χ2v) is 7.83. The van der Waals surface area contributed by atoms with Gasteiger partial charge in [-0.1, -0.05) is 13.8 Å². The van der Waals surface area contributed by atoms with Crippen molar-refractivity contribution in [3.8, 4) is 0 Å². The fourth-order valence-electron chi connectivity index (χ4n) is 2.87. The summed E-state index contributed by atoms with van der Waals surface area (Å²) in [6.45, 7) is 10.1. The molecule has 7 nitrogen and oxygen atoms in total. The largest absolute Gasteiger partial charge is 0.478 e. The van der Waals surface area contributed by atoms with Gasteiger partial charge in [0.2, 0.25) is 0 Å². The number of piperidine rings is 1. The Bertz CT molecular complexity index is 601. The van der Waals surface area contributed by atoms with Gasteiger partial charge in [-0.3, -0.25) is 10.00 Å². The predicted octanol–water partition coefficient (Wildman–Crippen LogP) is 3.21. The highest BCUT2D eigenvalue weighted by Gasteiger charge is 2.40. The lowest BCUT2D eigenvalue weighted by molar-refractivity contribution is -0.00889. The average Bonchev–Trinajstić information content (AvgIpc) is 2.84. The minimum atomic E-state index is -1.05. The number of ether oxygens (including phenoxy) is 1. The number of carbonyl (C=O) groups is 2. The zero-order valence-corrected chi connectivity index (χ0v) is 14.3. The fourth-order valence-corrected chi connectivity index (χ4v) is 2.87. The monoisotopic (exact) mass is 323 g/mol. The predicted molar refractivity (Wildman–Crippen MR) is 84.2 cm³/mol. The number of aromatic amines is 1. The number of nitrogens with zero attached hydrogens (tertiary/aromatic N) is 2. The first-order valence-electron chi connectivity index (χ1n) is 7.76. The lowest BCUT2D eigenvalue weighted by Crippen LogP contribution is -2.47. The molecule has 1 unspecified atom stereocenters. The van der Waals surface area contributed by atoms with Crippen LogP contribution in [0.2, 0.25) is 0 Å². The number of aromatic nitrogens is 2. The summed E-state index contributed by atoms with van der Waals surface area (Å²) in [4.78, 5) is 25.6. The number of amides is 1. The molecule has 1 amide bonds. The summed E-state index contributed by atoms with van der Waals surface area (Å²) >= 11 is 0. The third-order valence-electron chi connectivity index (χ3n) is 3.93. The molecule has 128 valence electrons. The number of carboxylic acid groups (broad SMARTS) is 1. The molecular formula is C16H25N3O4. The second-order valence-electron chi connectivity index (χ2n) is 7.83. The molecule has 1 aromatic heterocycles. The van der Waals surface area contributed by atoms with Crippen molar-refractivity contribution in [1.29, 1.82) is 0 Å². The average molecular weight is 323 g/mol. The number of hydrogen-bond acceptors (Lipinski definition) is 4. The molecule has 1 aromatic rings. The Kier molecular flexibility index (Phi) is 4.41. The van der Waals surface area contributed by atoms with Crippen LogP contribution in [0.15, 0.2) is 6.20 Å². The van der Waals surface area contributed by atoms with Gasteiger partial charge in [-0.05, 0) is 39.0 Å². The standard InChI is InChI=1S/C16H25N3O4/c1-15(2,3)23-14(22)19-9-16(4,5)7-6-11(19)12-10(13(20)21)8-17-18-12/h8,11H,6-7,9H2,1-5H3,(H,17,18)(H,20,21). The van der Waals surface area contributed by atoms with E-state index in [-0.39, 0.29) is 17.0 Å². The number of nitrogens with one attached hydrogen (secondary N) is 1. The molecule has 7 heteroatoms. The first-order chi connectivity index (χ1) is 10.5. The molecule has 0 spiro atoms. The summed E-state index contributed by atoms with van der Waals surface area (Å²) in [5.74, 6) is -1.05. The van der Waals surface area contributed by atoms with E-state index in [1.54, 1.807) is 4.90 Å². The lowest BCUT2D eigenvalue weighted by Gasteiger charge is -2.43. The van der Waals surface area contributed by atoms with Gasteiger partial charge >= 0.3 is 12.1 Å². The van der Waals surface area contributed by atoms with Gasteiger partial charge in [-0.2, -0.15) is 5.10 Å². The fraction of sp³-hybridized carbons (Fsp3) is 0.688. The highest BCUT2D eigenvalue weighted by molar-refractivity contribution is 5.89. The Morgan fingerprint density at radius 1 is 1.43 bits per heavy atom. The van der Waals surface area contributed by atoms with E-state index in [2.05, 4.69) is 24.0 Å². The maximum absolute atomic E-state index is 12.6. The van der Waals surface area contributed by atoms with Crippen LogP contribution < -0.4 is 0 Å². The zero-order valence-electron chi connectivity index (χ0n) is 14.3. The van der Waals surface area contributed by atoms with Gasteiger partial charge in [0, 0.05) is 6.54 Å². The van der Waals surface area contributed by atoms with E-state index in [1.807, 2.05) is 20.8 Å². The van der Waals surface area contributed by atoms with E-state index < -0.39 is 17.7 Å². The molecule has 2 heterocycles. The van der Waals surface area contributed by atoms with Gasteiger partial charge in [-0.25, -0.2) is 9.59 Å². The Labute approximate surface area is 136 Å². The molecule has 1 fully saturated rings. The molecule has 2 rings (SSSR count). The van der Waals surface area contributed by atoms with Gasteiger partial charge in [0.15, 0.2) is 0 Å². The molecule has 0 aliphatic carbocycles. The van der Waals surface area contributed by atoms with Gasteiger partial charge in [-0.15, -0.1) is 0 Å².